The van der Waals surface area contributed by atoms with Crippen LogP contribution in [0.3, 0.4) is 0 Å². The van der Waals surface area contributed by atoms with Crippen molar-refractivity contribution in [1.29, 1.82) is 0 Å². The smallest absolute Gasteiger partial charge is 0.217 e. The van der Waals surface area contributed by atoms with E-state index in [9.17, 15) is 4.79 Å². The fraction of sp³-hybridized carbons (Fsp3) is 0.391. The minimum atomic E-state index is -0.127. The van der Waals surface area contributed by atoms with E-state index in [1.165, 1.54) is 12.5 Å². The third kappa shape index (κ3) is 4.91. The summed E-state index contributed by atoms with van der Waals surface area (Å²) in [5.41, 5.74) is 3.38. The number of amides is 1. The van der Waals surface area contributed by atoms with E-state index < -0.39 is 0 Å². The first-order valence-electron chi connectivity index (χ1n) is 10.0. The molecule has 1 N–H and O–H groups in total. The van der Waals surface area contributed by atoms with Gasteiger partial charge in [-0.3, -0.25) is 4.79 Å². The fourth-order valence-electron chi connectivity index (χ4n) is 3.41. The van der Waals surface area contributed by atoms with E-state index >= 15 is 0 Å². The highest BCUT2D eigenvalue weighted by Crippen LogP contribution is 2.21. The predicted octanol–water partition coefficient (Wildman–Crippen LogP) is 4.66. The molecule has 0 aliphatic heterocycles. The molecule has 5 heteroatoms. The Bertz CT molecular complexity index is 915. The third-order valence-corrected chi connectivity index (χ3v) is 4.87. The van der Waals surface area contributed by atoms with Gasteiger partial charge in [-0.25, -0.2) is 4.98 Å². The molecule has 28 heavy (non-hydrogen) atoms. The summed E-state index contributed by atoms with van der Waals surface area (Å²) in [5.74, 6) is 1.77. The predicted molar refractivity (Wildman–Crippen MR) is 113 cm³/mol. The minimum absolute atomic E-state index is 0.0476. The van der Waals surface area contributed by atoms with Crippen molar-refractivity contribution in [2.24, 2.45) is 0 Å². The van der Waals surface area contributed by atoms with Gasteiger partial charge >= 0.3 is 0 Å². The molecule has 148 valence electrons. The van der Waals surface area contributed by atoms with Crippen molar-refractivity contribution >= 4 is 16.9 Å². The van der Waals surface area contributed by atoms with Crippen molar-refractivity contribution in [3.63, 3.8) is 0 Å². The first-order chi connectivity index (χ1) is 13.6. The maximum absolute atomic E-state index is 11.5. The molecule has 1 aromatic heterocycles. The lowest BCUT2D eigenvalue weighted by molar-refractivity contribution is -0.119. The van der Waals surface area contributed by atoms with Crippen molar-refractivity contribution in [3.8, 4) is 5.75 Å². The third-order valence-electron chi connectivity index (χ3n) is 4.87. The van der Waals surface area contributed by atoms with Gasteiger partial charge < -0.3 is 14.6 Å². The van der Waals surface area contributed by atoms with E-state index in [1.54, 1.807) is 0 Å². The van der Waals surface area contributed by atoms with Crippen molar-refractivity contribution < 1.29 is 9.53 Å². The number of imidazole rings is 1. The van der Waals surface area contributed by atoms with Gasteiger partial charge in [0, 0.05) is 13.5 Å². The Hall–Kier alpha value is -2.82. The van der Waals surface area contributed by atoms with Crippen LogP contribution >= 0.6 is 0 Å². The molecular formula is C23H29N3O2. The fourth-order valence-corrected chi connectivity index (χ4v) is 3.41. The van der Waals surface area contributed by atoms with Crippen LogP contribution in [0.4, 0.5) is 0 Å². The van der Waals surface area contributed by atoms with Crippen molar-refractivity contribution in [2.75, 3.05) is 6.61 Å². The molecule has 1 unspecified atom stereocenters. The van der Waals surface area contributed by atoms with Crippen LogP contribution in [-0.4, -0.2) is 22.1 Å². The Labute approximate surface area is 166 Å². The first-order valence-corrected chi connectivity index (χ1v) is 10.0. The summed E-state index contributed by atoms with van der Waals surface area (Å²) in [6, 6.07) is 16.3. The number of unbranched alkanes of at least 4 members (excludes halogenated alkanes) is 1. The van der Waals surface area contributed by atoms with E-state index in [0.717, 1.165) is 48.4 Å². The Morgan fingerprint density at radius 1 is 1.14 bits per heavy atom. The SMILES string of the molecule is CCc1ccc(OCCCCn2c(C(C)NC(C)=O)nc3ccccc32)cc1. The largest absolute Gasteiger partial charge is 0.494 e. The Morgan fingerprint density at radius 2 is 1.89 bits per heavy atom. The van der Waals surface area contributed by atoms with E-state index in [4.69, 9.17) is 9.72 Å². The molecule has 1 atom stereocenters. The highest BCUT2D eigenvalue weighted by atomic mass is 16.5. The molecule has 0 aliphatic carbocycles. The van der Waals surface area contributed by atoms with Gasteiger partial charge in [-0.15, -0.1) is 0 Å². The summed E-state index contributed by atoms with van der Waals surface area (Å²) in [5, 5.41) is 2.95. The summed E-state index contributed by atoms with van der Waals surface area (Å²) in [4.78, 5) is 16.2. The summed E-state index contributed by atoms with van der Waals surface area (Å²) >= 11 is 0. The molecule has 2 aromatic carbocycles. The number of aryl methyl sites for hydroxylation is 2. The topological polar surface area (TPSA) is 56.1 Å². The zero-order chi connectivity index (χ0) is 19.9. The Balaban J connectivity index is 1.60. The second kappa shape index (κ2) is 9.40. The molecular weight excluding hydrogens is 350 g/mol. The number of para-hydroxylation sites is 2. The van der Waals surface area contributed by atoms with Gasteiger partial charge in [0.15, 0.2) is 0 Å². The van der Waals surface area contributed by atoms with Crippen LogP contribution in [0.2, 0.25) is 0 Å². The van der Waals surface area contributed by atoms with Gasteiger partial charge in [0.1, 0.15) is 11.6 Å². The Kier molecular flexibility index (Phi) is 6.69. The minimum Gasteiger partial charge on any atom is -0.494 e. The second-order valence-electron chi connectivity index (χ2n) is 7.09. The number of hydrogen-bond donors (Lipinski definition) is 1. The lowest BCUT2D eigenvalue weighted by Gasteiger charge is -2.15. The number of nitrogens with zero attached hydrogens (tertiary/aromatic N) is 2. The van der Waals surface area contributed by atoms with Gasteiger partial charge in [0.2, 0.25) is 5.91 Å². The van der Waals surface area contributed by atoms with Crippen LogP contribution in [0.1, 0.15) is 51.0 Å². The number of carbonyl (C=O) groups excluding carboxylic acids is 1. The molecule has 3 aromatic rings. The average molecular weight is 380 g/mol. The van der Waals surface area contributed by atoms with Crippen LogP contribution in [0.15, 0.2) is 48.5 Å². The molecule has 0 aliphatic rings. The van der Waals surface area contributed by atoms with Crippen LogP contribution < -0.4 is 10.1 Å². The quantitative estimate of drug-likeness (QED) is 0.550. The van der Waals surface area contributed by atoms with Gasteiger partial charge in [-0.2, -0.15) is 0 Å². The van der Waals surface area contributed by atoms with E-state index in [0.29, 0.717) is 6.61 Å². The van der Waals surface area contributed by atoms with E-state index in [2.05, 4.69) is 35.0 Å². The number of hydrogen-bond acceptors (Lipinski definition) is 3. The highest BCUT2D eigenvalue weighted by Gasteiger charge is 2.16. The van der Waals surface area contributed by atoms with Crippen LogP contribution in [0.5, 0.6) is 5.75 Å². The number of carbonyl (C=O) groups is 1. The van der Waals surface area contributed by atoms with E-state index in [1.807, 2.05) is 37.3 Å². The average Bonchev–Trinajstić information content (AvgIpc) is 3.06. The molecule has 0 radical (unpaired) electrons. The molecule has 0 saturated heterocycles. The monoisotopic (exact) mass is 379 g/mol. The Morgan fingerprint density at radius 3 is 2.61 bits per heavy atom. The van der Waals surface area contributed by atoms with Crippen LogP contribution in [0, 0.1) is 0 Å². The molecule has 1 amide bonds. The van der Waals surface area contributed by atoms with Gasteiger partial charge in [0.25, 0.3) is 0 Å². The summed E-state index contributed by atoms with van der Waals surface area (Å²) in [6.45, 7) is 7.19. The van der Waals surface area contributed by atoms with Crippen LogP contribution in [-0.2, 0) is 17.8 Å². The number of nitrogens with one attached hydrogen (secondary N) is 1. The summed E-state index contributed by atoms with van der Waals surface area (Å²) < 4.78 is 8.08. The van der Waals surface area contributed by atoms with Gasteiger partial charge in [0.05, 0.1) is 23.7 Å². The van der Waals surface area contributed by atoms with Crippen molar-refractivity contribution in [1.82, 2.24) is 14.9 Å². The van der Waals surface area contributed by atoms with Crippen molar-refractivity contribution in [2.45, 2.75) is 52.6 Å². The first kappa shape index (κ1) is 19.9. The number of benzene rings is 2. The molecule has 0 bridgehead atoms. The van der Waals surface area contributed by atoms with E-state index in [-0.39, 0.29) is 11.9 Å². The normalized spacial score (nSPS) is 12.1. The molecule has 0 spiro atoms. The highest BCUT2D eigenvalue weighted by molar-refractivity contribution is 5.77. The lowest BCUT2D eigenvalue weighted by atomic mass is 10.2. The lowest BCUT2D eigenvalue weighted by Crippen LogP contribution is -2.26. The maximum Gasteiger partial charge on any atom is 0.217 e. The molecule has 3 rings (SSSR count). The molecule has 5 nitrogen and oxygen atoms in total. The van der Waals surface area contributed by atoms with Crippen molar-refractivity contribution in [3.05, 3.63) is 59.9 Å². The molecule has 1 heterocycles. The molecule has 0 fully saturated rings. The van der Waals surface area contributed by atoms with Crippen LogP contribution in [0.25, 0.3) is 11.0 Å². The number of fused-ring (bicyclic) bond motifs is 1. The van der Waals surface area contributed by atoms with Gasteiger partial charge in [-0.1, -0.05) is 31.2 Å². The number of ether oxygens (including phenoxy) is 1. The standard InChI is InChI=1S/C23H29N3O2/c1-4-19-11-13-20(14-12-19)28-16-8-7-15-26-22-10-6-5-9-21(22)25-23(26)17(2)24-18(3)27/h5-6,9-14,17H,4,7-8,15-16H2,1-3H3,(H,24,27). The molecule has 0 saturated carbocycles. The summed E-state index contributed by atoms with van der Waals surface area (Å²) in [6.07, 6.45) is 2.97. The zero-order valence-corrected chi connectivity index (χ0v) is 16.9. The second-order valence-corrected chi connectivity index (χ2v) is 7.09. The summed E-state index contributed by atoms with van der Waals surface area (Å²) in [7, 11) is 0. The maximum atomic E-state index is 11.5. The van der Waals surface area contributed by atoms with Gasteiger partial charge in [-0.05, 0) is 56.0 Å². The zero-order valence-electron chi connectivity index (χ0n) is 16.9. The number of aromatic nitrogens is 2. The number of rotatable bonds is 9.